The van der Waals surface area contributed by atoms with Gasteiger partial charge in [-0.15, -0.1) is 0 Å². The first-order valence-corrected chi connectivity index (χ1v) is 7.50. The molecule has 1 atom stereocenters. The quantitative estimate of drug-likeness (QED) is 0.808. The molecule has 0 bridgehead atoms. The third-order valence-corrected chi connectivity index (χ3v) is 3.86. The maximum Gasteiger partial charge on any atom is 0.246 e. The van der Waals surface area contributed by atoms with Crippen LogP contribution in [0.25, 0.3) is 11.4 Å². The summed E-state index contributed by atoms with van der Waals surface area (Å²) in [5.74, 6) is 0.405. The van der Waals surface area contributed by atoms with Gasteiger partial charge in [0.2, 0.25) is 5.91 Å². The number of hydrogen-bond acceptors (Lipinski definition) is 5. The average molecular weight is 331 g/mol. The first-order chi connectivity index (χ1) is 11.2. The van der Waals surface area contributed by atoms with E-state index in [4.69, 9.17) is 16.3 Å². The monoisotopic (exact) mass is 330 g/mol. The van der Waals surface area contributed by atoms with Crippen molar-refractivity contribution in [3.8, 4) is 11.4 Å². The lowest BCUT2D eigenvalue weighted by Gasteiger charge is -2.35. The van der Waals surface area contributed by atoms with Crippen molar-refractivity contribution in [2.75, 3.05) is 19.8 Å². The largest absolute Gasteiger partial charge is 0.377 e. The standard InChI is InChI=1S/C16H15ClN4O2/c1-2-15(22)21-3-4-23-8-14(21)11-5-12(7-13(17)6-11)16-19-9-18-10-20-16/h2,5-7,9-10,14H,1,3-4,8H2/t14-/m0/s1. The molecular formula is C16H15ClN4O2. The number of halogens is 1. The van der Waals surface area contributed by atoms with Gasteiger partial charge < -0.3 is 9.64 Å². The lowest BCUT2D eigenvalue weighted by atomic mass is 10.0. The highest BCUT2D eigenvalue weighted by Crippen LogP contribution is 2.30. The summed E-state index contributed by atoms with van der Waals surface area (Å²) in [6.45, 7) is 5.00. The van der Waals surface area contributed by atoms with Crippen LogP contribution in [0.3, 0.4) is 0 Å². The van der Waals surface area contributed by atoms with Crippen LogP contribution in [-0.2, 0) is 9.53 Å². The fraction of sp³-hybridized carbons (Fsp3) is 0.250. The van der Waals surface area contributed by atoms with Crippen molar-refractivity contribution in [3.05, 3.63) is 54.1 Å². The normalized spacial score (nSPS) is 17.8. The highest BCUT2D eigenvalue weighted by molar-refractivity contribution is 6.30. The van der Waals surface area contributed by atoms with Crippen molar-refractivity contribution in [1.29, 1.82) is 0 Å². The Morgan fingerprint density at radius 2 is 2.13 bits per heavy atom. The molecule has 0 saturated carbocycles. The van der Waals surface area contributed by atoms with Gasteiger partial charge in [-0.3, -0.25) is 4.79 Å². The average Bonchev–Trinajstić information content (AvgIpc) is 2.61. The van der Waals surface area contributed by atoms with Gasteiger partial charge in [-0.1, -0.05) is 18.2 Å². The van der Waals surface area contributed by atoms with E-state index in [-0.39, 0.29) is 11.9 Å². The molecular weight excluding hydrogens is 316 g/mol. The zero-order chi connectivity index (χ0) is 16.2. The molecule has 1 saturated heterocycles. The molecule has 118 valence electrons. The SMILES string of the molecule is C=CC(=O)N1CCOC[C@H]1c1cc(Cl)cc(-c2ncncn2)c1. The number of ether oxygens (including phenoxy) is 1. The topological polar surface area (TPSA) is 68.2 Å². The van der Waals surface area contributed by atoms with Gasteiger partial charge >= 0.3 is 0 Å². The molecule has 3 rings (SSSR count). The molecule has 23 heavy (non-hydrogen) atoms. The van der Waals surface area contributed by atoms with E-state index in [0.29, 0.717) is 30.6 Å². The van der Waals surface area contributed by atoms with Crippen LogP contribution >= 0.6 is 11.6 Å². The molecule has 0 unspecified atom stereocenters. The Kier molecular flexibility index (Phi) is 4.64. The molecule has 1 aliphatic rings. The first-order valence-electron chi connectivity index (χ1n) is 7.12. The fourth-order valence-electron chi connectivity index (χ4n) is 2.58. The van der Waals surface area contributed by atoms with E-state index < -0.39 is 0 Å². The first kappa shape index (κ1) is 15.6. The number of aromatic nitrogens is 3. The van der Waals surface area contributed by atoms with E-state index in [1.54, 1.807) is 11.0 Å². The second-order valence-electron chi connectivity index (χ2n) is 5.06. The highest BCUT2D eigenvalue weighted by atomic mass is 35.5. The molecule has 0 N–H and O–H groups in total. The molecule has 1 aromatic carbocycles. The maximum atomic E-state index is 12.1. The Labute approximate surface area is 138 Å². The maximum absolute atomic E-state index is 12.1. The zero-order valence-electron chi connectivity index (χ0n) is 12.4. The predicted molar refractivity (Wildman–Crippen MR) is 85.7 cm³/mol. The van der Waals surface area contributed by atoms with Crippen LogP contribution in [0.15, 0.2) is 43.5 Å². The lowest BCUT2D eigenvalue weighted by molar-refractivity contribution is -0.134. The van der Waals surface area contributed by atoms with Crippen molar-refractivity contribution in [1.82, 2.24) is 19.9 Å². The third kappa shape index (κ3) is 3.38. The van der Waals surface area contributed by atoms with Crippen LogP contribution in [0.4, 0.5) is 0 Å². The van der Waals surface area contributed by atoms with E-state index in [1.807, 2.05) is 12.1 Å². The molecule has 1 fully saturated rings. The number of carbonyl (C=O) groups excluding carboxylic acids is 1. The number of nitrogens with zero attached hydrogens (tertiary/aromatic N) is 4. The zero-order valence-corrected chi connectivity index (χ0v) is 13.1. The smallest absolute Gasteiger partial charge is 0.246 e. The van der Waals surface area contributed by atoms with Crippen molar-refractivity contribution in [2.45, 2.75) is 6.04 Å². The number of rotatable bonds is 3. The Morgan fingerprint density at radius 3 is 2.87 bits per heavy atom. The number of amides is 1. The summed E-state index contributed by atoms with van der Waals surface area (Å²) in [6, 6.07) is 5.32. The molecule has 2 aromatic rings. The van der Waals surface area contributed by atoms with E-state index in [1.165, 1.54) is 18.7 Å². The number of benzene rings is 1. The second kappa shape index (κ2) is 6.85. The van der Waals surface area contributed by atoms with Gasteiger partial charge in [-0.05, 0) is 29.8 Å². The van der Waals surface area contributed by atoms with Crippen LogP contribution in [0.5, 0.6) is 0 Å². The van der Waals surface area contributed by atoms with Gasteiger partial charge in [0.25, 0.3) is 0 Å². The van der Waals surface area contributed by atoms with Gasteiger partial charge in [-0.25, -0.2) is 15.0 Å². The predicted octanol–water partition coefficient (Wildman–Crippen LogP) is 2.28. The molecule has 7 heteroatoms. The minimum atomic E-state index is -0.214. The second-order valence-corrected chi connectivity index (χ2v) is 5.50. The summed E-state index contributed by atoms with van der Waals surface area (Å²) in [6.07, 6.45) is 4.18. The molecule has 1 aromatic heterocycles. The molecule has 1 amide bonds. The Morgan fingerprint density at radius 1 is 1.35 bits per heavy atom. The summed E-state index contributed by atoms with van der Waals surface area (Å²) < 4.78 is 5.53. The minimum absolute atomic E-state index is 0.125. The molecule has 0 radical (unpaired) electrons. The molecule has 2 heterocycles. The Balaban J connectivity index is 2.00. The summed E-state index contributed by atoms with van der Waals surface area (Å²) in [4.78, 5) is 25.9. The van der Waals surface area contributed by atoms with Crippen molar-refractivity contribution >= 4 is 17.5 Å². The van der Waals surface area contributed by atoms with Gasteiger partial charge in [-0.2, -0.15) is 0 Å². The summed E-state index contributed by atoms with van der Waals surface area (Å²) in [5, 5.41) is 0.550. The minimum Gasteiger partial charge on any atom is -0.377 e. The van der Waals surface area contributed by atoms with Gasteiger partial charge in [0, 0.05) is 17.1 Å². The highest BCUT2D eigenvalue weighted by Gasteiger charge is 2.28. The van der Waals surface area contributed by atoms with Crippen LogP contribution in [0, 0.1) is 0 Å². The molecule has 0 aliphatic carbocycles. The Bertz CT molecular complexity index is 723. The Hall–Kier alpha value is -2.31. The fourth-order valence-corrected chi connectivity index (χ4v) is 2.83. The van der Waals surface area contributed by atoms with Crippen LogP contribution < -0.4 is 0 Å². The lowest BCUT2D eigenvalue weighted by Crippen LogP contribution is -2.42. The van der Waals surface area contributed by atoms with Gasteiger partial charge in [0.05, 0.1) is 19.3 Å². The van der Waals surface area contributed by atoms with E-state index in [2.05, 4.69) is 21.5 Å². The van der Waals surface area contributed by atoms with Crippen LogP contribution in [-0.4, -0.2) is 45.5 Å². The van der Waals surface area contributed by atoms with Crippen molar-refractivity contribution in [3.63, 3.8) is 0 Å². The van der Waals surface area contributed by atoms with Gasteiger partial charge in [0.1, 0.15) is 12.7 Å². The number of hydrogen-bond donors (Lipinski definition) is 0. The summed E-state index contributed by atoms with van der Waals surface area (Å²) in [5.41, 5.74) is 1.65. The number of carbonyl (C=O) groups is 1. The van der Waals surface area contributed by atoms with Crippen LogP contribution in [0.2, 0.25) is 5.02 Å². The molecule has 6 nitrogen and oxygen atoms in total. The summed E-state index contributed by atoms with van der Waals surface area (Å²) >= 11 is 6.24. The number of morpholine rings is 1. The molecule has 1 aliphatic heterocycles. The third-order valence-electron chi connectivity index (χ3n) is 3.64. The van der Waals surface area contributed by atoms with E-state index in [0.717, 1.165) is 11.1 Å². The van der Waals surface area contributed by atoms with Crippen molar-refractivity contribution < 1.29 is 9.53 Å². The van der Waals surface area contributed by atoms with Crippen LogP contribution in [0.1, 0.15) is 11.6 Å². The van der Waals surface area contributed by atoms with E-state index in [9.17, 15) is 4.79 Å². The van der Waals surface area contributed by atoms with Crippen molar-refractivity contribution in [2.24, 2.45) is 0 Å². The summed E-state index contributed by atoms with van der Waals surface area (Å²) in [7, 11) is 0. The molecule has 0 spiro atoms. The van der Waals surface area contributed by atoms with Gasteiger partial charge in [0.15, 0.2) is 5.82 Å². The van der Waals surface area contributed by atoms with E-state index >= 15 is 0 Å².